The van der Waals surface area contributed by atoms with Crippen LogP contribution in [0.5, 0.6) is 0 Å². The largest absolute Gasteiger partial charge is 0.394 e. The zero-order valence-electron chi connectivity index (χ0n) is 40.8. The lowest BCUT2D eigenvalue weighted by Gasteiger charge is -2.21. The van der Waals surface area contributed by atoms with E-state index in [0.717, 1.165) is 38.5 Å². The molecule has 0 radical (unpaired) electrons. The Balaban J connectivity index is 3.63. The molecule has 0 heterocycles. The molecular weight excluding hydrogens is 751 g/mol. The van der Waals surface area contributed by atoms with Crippen molar-refractivity contribution in [1.29, 1.82) is 0 Å². The summed E-state index contributed by atoms with van der Waals surface area (Å²) in [5.41, 5.74) is 0. The smallest absolute Gasteiger partial charge is 0.222 e. The van der Waals surface area contributed by atoms with Crippen molar-refractivity contribution in [1.82, 2.24) is 5.32 Å². The zero-order valence-corrected chi connectivity index (χ0v) is 40.8. The van der Waals surface area contributed by atoms with Crippen molar-refractivity contribution >= 4 is 5.91 Å². The number of hydrogen-bond donors (Lipinski definition) is 4. The molecule has 4 N–H and O–H groups in total. The second-order valence-electron chi connectivity index (χ2n) is 18.5. The molecule has 0 bridgehead atoms. The highest BCUT2D eigenvalue weighted by Gasteiger charge is 2.20. The standard InChI is InChI=1S/C56H105NO4/c1-3-5-7-9-11-13-15-17-19-21-23-24-25-26-27-28-29-30-32-33-35-37-39-41-43-45-47-49-53(59)51-56(61)57-54(52-58)55(60)50-48-46-44-42-40-38-36-34-31-22-20-18-16-14-12-10-8-6-4-2/h26-27,31,34,40,42,48,50,53-55,58-60H,3-25,28-30,32-33,35-39,41,43-47,49,51-52H2,1-2H3,(H,57,61)/b27-26-,34-31+,42-40+,50-48+. The lowest BCUT2D eigenvalue weighted by atomic mass is 10.0. The number of hydrogen-bond acceptors (Lipinski definition) is 4. The number of aliphatic hydroxyl groups excluding tert-OH is 3. The van der Waals surface area contributed by atoms with Gasteiger partial charge in [-0.15, -0.1) is 0 Å². The second-order valence-corrected chi connectivity index (χ2v) is 18.5. The summed E-state index contributed by atoms with van der Waals surface area (Å²) in [6.07, 6.45) is 67.2. The van der Waals surface area contributed by atoms with Gasteiger partial charge in [0.2, 0.25) is 5.91 Å². The first-order valence-corrected chi connectivity index (χ1v) is 26.9. The Bertz CT molecular complexity index is 989. The molecule has 0 aromatic heterocycles. The maximum atomic E-state index is 12.5. The molecule has 0 aliphatic carbocycles. The van der Waals surface area contributed by atoms with E-state index >= 15 is 0 Å². The number of carbonyl (C=O) groups excluding carboxylic acids is 1. The van der Waals surface area contributed by atoms with Gasteiger partial charge in [0.15, 0.2) is 0 Å². The number of rotatable bonds is 49. The first kappa shape index (κ1) is 59.3. The molecule has 0 fully saturated rings. The van der Waals surface area contributed by atoms with Crippen LogP contribution in [0, 0.1) is 0 Å². The number of amides is 1. The van der Waals surface area contributed by atoms with Crippen LogP contribution in [0.1, 0.15) is 277 Å². The van der Waals surface area contributed by atoms with E-state index in [-0.39, 0.29) is 18.9 Å². The summed E-state index contributed by atoms with van der Waals surface area (Å²) in [6.45, 7) is 4.22. The summed E-state index contributed by atoms with van der Waals surface area (Å²) in [4.78, 5) is 12.5. The van der Waals surface area contributed by atoms with Crippen molar-refractivity contribution in [2.45, 2.75) is 295 Å². The average Bonchev–Trinajstić information content (AvgIpc) is 3.25. The molecule has 0 aromatic carbocycles. The van der Waals surface area contributed by atoms with Crippen molar-refractivity contribution in [3.05, 3.63) is 48.6 Å². The number of nitrogens with one attached hydrogen (secondary N) is 1. The lowest BCUT2D eigenvalue weighted by Crippen LogP contribution is -2.45. The maximum Gasteiger partial charge on any atom is 0.222 e. The highest BCUT2D eigenvalue weighted by Crippen LogP contribution is 2.16. The summed E-state index contributed by atoms with van der Waals surface area (Å²) >= 11 is 0. The van der Waals surface area contributed by atoms with E-state index in [1.165, 1.54) is 212 Å². The predicted octanol–water partition coefficient (Wildman–Crippen LogP) is 16.4. The molecule has 3 unspecified atom stereocenters. The third-order valence-corrected chi connectivity index (χ3v) is 12.3. The van der Waals surface area contributed by atoms with Gasteiger partial charge in [-0.1, -0.05) is 249 Å². The minimum absolute atomic E-state index is 0.00192. The molecule has 0 rings (SSSR count). The summed E-state index contributed by atoms with van der Waals surface area (Å²) in [5, 5.41) is 33.4. The minimum atomic E-state index is -0.961. The summed E-state index contributed by atoms with van der Waals surface area (Å²) in [6, 6.07) is -0.769. The molecule has 0 aromatic rings. The Morgan fingerprint density at radius 2 is 0.705 bits per heavy atom. The van der Waals surface area contributed by atoms with Crippen LogP contribution in [0.25, 0.3) is 0 Å². The van der Waals surface area contributed by atoms with Crippen LogP contribution in [-0.4, -0.2) is 46.1 Å². The summed E-state index contributed by atoms with van der Waals surface area (Å²) < 4.78 is 0. The Morgan fingerprint density at radius 1 is 0.410 bits per heavy atom. The molecule has 0 saturated carbocycles. The molecule has 61 heavy (non-hydrogen) atoms. The Morgan fingerprint density at radius 3 is 1.05 bits per heavy atom. The van der Waals surface area contributed by atoms with Crippen molar-refractivity contribution in [3.63, 3.8) is 0 Å². The van der Waals surface area contributed by atoms with E-state index in [0.29, 0.717) is 6.42 Å². The van der Waals surface area contributed by atoms with Crippen LogP contribution in [0.15, 0.2) is 48.6 Å². The Kier molecular flexibility index (Phi) is 49.5. The van der Waals surface area contributed by atoms with Crippen LogP contribution >= 0.6 is 0 Å². The first-order valence-electron chi connectivity index (χ1n) is 26.9. The van der Waals surface area contributed by atoms with E-state index in [1.54, 1.807) is 6.08 Å². The Labute approximate surface area is 380 Å². The number of aliphatic hydroxyl groups is 3. The fraction of sp³-hybridized carbons (Fsp3) is 0.839. The molecule has 0 spiro atoms. The Hall–Kier alpha value is -1.69. The van der Waals surface area contributed by atoms with Crippen molar-refractivity contribution in [2.24, 2.45) is 0 Å². The molecule has 3 atom stereocenters. The SMILES string of the molecule is CCCCCCCCCCC/C=C/CC/C=C/CC/C=C/C(O)C(CO)NC(=O)CC(O)CCCCCCCCCCCCC/C=C\CCCCCCCCCCCCCC. The van der Waals surface area contributed by atoms with E-state index < -0.39 is 18.2 Å². The van der Waals surface area contributed by atoms with Crippen molar-refractivity contribution in [2.75, 3.05) is 6.61 Å². The summed E-state index contributed by atoms with van der Waals surface area (Å²) in [7, 11) is 0. The molecule has 0 aliphatic rings. The molecular formula is C56H105NO4. The van der Waals surface area contributed by atoms with Gasteiger partial charge in [-0.3, -0.25) is 4.79 Å². The number of carbonyl (C=O) groups is 1. The summed E-state index contributed by atoms with van der Waals surface area (Å²) in [5.74, 6) is -0.328. The first-order chi connectivity index (χ1) is 30.0. The van der Waals surface area contributed by atoms with Gasteiger partial charge in [-0.2, -0.15) is 0 Å². The van der Waals surface area contributed by atoms with E-state index in [1.807, 2.05) is 6.08 Å². The fourth-order valence-corrected chi connectivity index (χ4v) is 8.19. The van der Waals surface area contributed by atoms with Gasteiger partial charge in [0.05, 0.1) is 31.3 Å². The van der Waals surface area contributed by atoms with E-state index in [2.05, 4.69) is 55.6 Å². The average molecular weight is 856 g/mol. The molecule has 358 valence electrons. The normalized spacial score (nSPS) is 13.7. The minimum Gasteiger partial charge on any atom is -0.394 e. The quantitative estimate of drug-likeness (QED) is 0.0362. The van der Waals surface area contributed by atoms with Crippen molar-refractivity contribution in [3.8, 4) is 0 Å². The number of allylic oxidation sites excluding steroid dienone is 7. The maximum absolute atomic E-state index is 12.5. The predicted molar refractivity (Wildman–Crippen MR) is 268 cm³/mol. The van der Waals surface area contributed by atoms with Gasteiger partial charge in [0.25, 0.3) is 0 Å². The molecule has 1 amide bonds. The molecule has 0 aliphatic heterocycles. The van der Waals surface area contributed by atoms with Gasteiger partial charge in [0.1, 0.15) is 0 Å². The van der Waals surface area contributed by atoms with Crippen LogP contribution in [0.3, 0.4) is 0 Å². The van der Waals surface area contributed by atoms with E-state index in [4.69, 9.17) is 0 Å². The van der Waals surface area contributed by atoms with Gasteiger partial charge in [0, 0.05) is 0 Å². The van der Waals surface area contributed by atoms with Gasteiger partial charge >= 0.3 is 0 Å². The lowest BCUT2D eigenvalue weighted by molar-refractivity contribution is -0.124. The van der Waals surface area contributed by atoms with Gasteiger partial charge in [-0.05, 0) is 70.6 Å². The third-order valence-electron chi connectivity index (χ3n) is 12.3. The van der Waals surface area contributed by atoms with Crippen LogP contribution in [-0.2, 0) is 4.79 Å². The monoisotopic (exact) mass is 856 g/mol. The fourth-order valence-electron chi connectivity index (χ4n) is 8.19. The van der Waals surface area contributed by atoms with Crippen LogP contribution < -0.4 is 5.32 Å². The second kappa shape index (κ2) is 50.9. The topological polar surface area (TPSA) is 89.8 Å². The van der Waals surface area contributed by atoms with Crippen LogP contribution in [0.2, 0.25) is 0 Å². The van der Waals surface area contributed by atoms with Gasteiger partial charge in [-0.25, -0.2) is 0 Å². The third kappa shape index (κ3) is 47.6. The van der Waals surface area contributed by atoms with Crippen molar-refractivity contribution < 1.29 is 20.1 Å². The van der Waals surface area contributed by atoms with Crippen LogP contribution in [0.4, 0.5) is 0 Å². The van der Waals surface area contributed by atoms with E-state index in [9.17, 15) is 20.1 Å². The highest BCUT2D eigenvalue weighted by molar-refractivity contribution is 5.76. The number of unbranched alkanes of at least 4 members (excludes halogenated alkanes) is 34. The van der Waals surface area contributed by atoms with Gasteiger partial charge < -0.3 is 20.6 Å². The molecule has 5 heteroatoms. The zero-order chi connectivity index (χ0) is 44.4. The molecule has 5 nitrogen and oxygen atoms in total. The molecule has 0 saturated heterocycles. The highest BCUT2D eigenvalue weighted by atomic mass is 16.3.